The van der Waals surface area contributed by atoms with Crippen LogP contribution in [-0.4, -0.2) is 47.1 Å². The maximum absolute atomic E-state index is 13.8. The first-order chi connectivity index (χ1) is 12.7. The van der Waals surface area contributed by atoms with E-state index < -0.39 is 11.7 Å². The summed E-state index contributed by atoms with van der Waals surface area (Å²) in [6.07, 6.45) is 1.52. The van der Waals surface area contributed by atoms with Gasteiger partial charge in [0.05, 0.1) is 5.71 Å². The van der Waals surface area contributed by atoms with E-state index in [4.69, 9.17) is 15.9 Å². The third-order valence-corrected chi connectivity index (χ3v) is 3.56. The highest BCUT2D eigenvalue weighted by atomic mass is 19.1. The number of nitrogen functional groups attached to an aromatic ring is 1. The Morgan fingerprint density at radius 2 is 2.11 bits per heavy atom. The first-order valence-corrected chi connectivity index (χ1v) is 8.33. The minimum absolute atomic E-state index is 0.0463. The molecule has 144 valence electrons. The van der Waals surface area contributed by atoms with Crippen LogP contribution in [0.4, 0.5) is 15.9 Å². The van der Waals surface area contributed by atoms with Gasteiger partial charge in [0, 0.05) is 24.4 Å². The molecule has 0 fully saturated rings. The molecule has 4 N–H and O–H groups in total. The number of ether oxygens (including phenoxy) is 1. The molecular weight excluding hydrogens is 351 g/mol. The van der Waals surface area contributed by atoms with Crippen molar-refractivity contribution in [1.29, 1.82) is 5.41 Å². The number of carbonyl (C=O) groups is 1. The highest BCUT2D eigenvalue weighted by molar-refractivity contribution is 6.41. The first kappa shape index (κ1) is 20.2. The molecule has 27 heavy (non-hydrogen) atoms. The van der Waals surface area contributed by atoms with E-state index in [9.17, 15) is 9.18 Å². The summed E-state index contributed by atoms with van der Waals surface area (Å²) in [5.41, 5.74) is 5.73. The topological polar surface area (TPSA) is 117 Å². The summed E-state index contributed by atoms with van der Waals surface area (Å²) in [6.45, 7) is 2.74. The molecule has 0 radical (unpaired) electrons. The number of rotatable bonds is 8. The van der Waals surface area contributed by atoms with Gasteiger partial charge in [-0.15, -0.1) is 0 Å². The van der Waals surface area contributed by atoms with Crippen LogP contribution in [0.2, 0.25) is 0 Å². The molecule has 1 heterocycles. The largest absolute Gasteiger partial charge is 0.436 e. The van der Waals surface area contributed by atoms with Crippen LogP contribution in [0.25, 0.3) is 0 Å². The van der Waals surface area contributed by atoms with Gasteiger partial charge >= 0.3 is 0 Å². The van der Waals surface area contributed by atoms with Crippen LogP contribution in [-0.2, 0) is 4.79 Å². The second kappa shape index (κ2) is 9.04. The van der Waals surface area contributed by atoms with Gasteiger partial charge in [-0.1, -0.05) is 6.92 Å². The monoisotopic (exact) mass is 374 g/mol. The second-order valence-electron chi connectivity index (χ2n) is 6.54. The van der Waals surface area contributed by atoms with Crippen LogP contribution >= 0.6 is 0 Å². The lowest BCUT2D eigenvalue weighted by molar-refractivity contribution is -0.110. The Labute approximate surface area is 157 Å². The second-order valence-corrected chi connectivity index (χ2v) is 6.54. The number of amides is 1. The predicted molar refractivity (Wildman–Crippen MR) is 102 cm³/mol. The molecule has 0 saturated carbocycles. The van der Waals surface area contributed by atoms with Crippen molar-refractivity contribution < 1.29 is 13.9 Å². The average Bonchev–Trinajstić information content (AvgIpc) is 2.57. The lowest BCUT2D eigenvalue weighted by atomic mass is 10.0. The summed E-state index contributed by atoms with van der Waals surface area (Å²) in [5, 5.41) is 10.5. The molecule has 1 aromatic heterocycles. The van der Waals surface area contributed by atoms with Crippen LogP contribution in [0.1, 0.15) is 13.3 Å². The number of nitrogens with one attached hydrogen (secondary N) is 2. The number of carbonyl (C=O) groups excluding carboxylic acids is 1. The van der Waals surface area contributed by atoms with E-state index in [1.807, 2.05) is 25.9 Å². The van der Waals surface area contributed by atoms with E-state index in [0.29, 0.717) is 6.42 Å². The molecule has 0 saturated heterocycles. The van der Waals surface area contributed by atoms with Crippen molar-refractivity contribution in [2.24, 2.45) is 5.92 Å². The molecule has 2 rings (SSSR count). The number of hydrogen-bond donors (Lipinski definition) is 3. The van der Waals surface area contributed by atoms with Gasteiger partial charge in [0.2, 0.25) is 5.88 Å². The summed E-state index contributed by atoms with van der Waals surface area (Å²) in [5.74, 6) is -0.858. The summed E-state index contributed by atoms with van der Waals surface area (Å²) in [7, 11) is 3.87. The lowest BCUT2D eigenvalue weighted by Crippen LogP contribution is -2.27. The zero-order chi connectivity index (χ0) is 20.0. The van der Waals surface area contributed by atoms with Crippen LogP contribution in [0, 0.1) is 17.1 Å². The molecule has 0 aliphatic heterocycles. The Hall–Kier alpha value is -3.07. The maximum Gasteiger partial charge on any atom is 0.270 e. The summed E-state index contributed by atoms with van der Waals surface area (Å²) in [4.78, 5) is 22.0. The summed E-state index contributed by atoms with van der Waals surface area (Å²) < 4.78 is 19.2. The zero-order valence-electron chi connectivity index (χ0n) is 15.5. The number of hydrogen-bond acceptors (Lipinski definition) is 7. The highest BCUT2D eigenvalue weighted by Gasteiger charge is 2.15. The molecule has 0 aliphatic carbocycles. The molecule has 2 aromatic rings. The van der Waals surface area contributed by atoms with Crippen molar-refractivity contribution in [3.63, 3.8) is 0 Å². The van der Waals surface area contributed by atoms with Crippen LogP contribution < -0.4 is 15.8 Å². The summed E-state index contributed by atoms with van der Waals surface area (Å²) in [6, 6.07) is 5.37. The van der Waals surface area contributed by atoms with Gasteiger partial charge < -0.3 is 20.7 Å². The zero-order valence-corrected chi connectivity index (χ0v) is 15.5. The van der Waals surface area contributed by atoms with Gasteiger partial charge in [0.1, 0.15) is 12.1 Å². The number of benzene rings is 1. The van der Waals surface area contributed by atoms with Crippen molar-refractivity contribution in [3.8, 4) is 11.6 Å². The predicted octanol–water partition coefficient (Wildman–Crippen LogP) is 2.54. The number of nitrogens with two attached hydrogens (primary N) is 1. The van der Waals surface area contributed by atoms with E-state index in [-0.39, 0.29) is 34.8 Å². The van der Waals surface area contributed by atoms with Crippen LogP contribution in [0.3, 0.4) is 0 Å². The number of halogens is 1. The molecule has 9 heteroatoms. The standard InChI is InChI=1S/C18H23FN6O2/c1-11(9-25(2)3)6-14(21)18(26)24-16-8-17(23-10-22-16)27-15-5-4-12(20)7-13(15)19/h4-5,7-8,10-11,21H,6,9,20H2,1-3H3,(H,22,23,24,26)/t11-/m1/s1. The molecule has 1 amide bonds. The molecular formula is C18H23FN6O2. The van der Waals surface area contributed by atoms with E-state index in [1.54, 1.807) is 0 Å². The highest BCUT2D eigenvalue weighted by Crippen LogP contribution is 2.25. The van der Waals surface area contributed by atoms with E-state index >= 15 is 0 Å². The van der Waals surface area contributed by atoms with Crippen molar-refractivity contribution in [2.45, 2.75) is 13.3 Å². The van der Waals surface area contributed by atoms with Gasteiger partial charge in [0.25, 0.3) is 5.91 Å². The van der Waals surface area contributed by atoms with E-state index in [2.05, 4.69) is 15.3 Å². The van der Waals surface area contributed by atoms with Gasteiger partial charge in [-0.2, -0.15) is 0 Å². The Morgan fingerprint density at radius 3 is 2.78 bits per heavy atom. The van der Waals surface area contributed by atoms with Gasteiger partial charge in [-0.25, -0.2) is 14.4 Å². The fourth-order valence-electron chi connectivity index (χ4n) is 2.50. The smallest absolute Gasteiger partial charge is 0.270 e. The Morgan fingerprint density at radius 1 is 1.37 bits per heavy atom. The first-order valence-electron chi connectivity index (χ1n) is 8.33. The van der Waals surface area contributed by atoms with E-state index in [0.717, 1.165) is 12.6 Å². The van der Waals surface area contributed by atoms with Crippen molar-refractivity contribution in [2.75, 3.05) is 31.7 Å². The van der Waals surface area contributed by atoms with Crippen molar-refractivity contribution in [1.82, 2.24) is 14.9 Å². The van der Waals surface area contributed by atoms with Crippen LogP contribution in [0.15, 0.2) is 30.6 Å². The third-order valence-electron chi connectivity index (χ3n) is 3.56. The fourth-order valence-corrected chi connectivity index (χ4v) is 2.50. The van der Waals surface area contributed by atoms with Gasteiger partial charge in [0.15, 0.2) is 11.6 Å². The number of anilines is 2. The number of aromatic nitrogens is 2. The molecule has 0 spiro atoms. The molecule has 0 bridgehead atoms. The van der Waals surface area contributed by atoms with Gasteiger partial charge in [-0.3, -0.25) is 10.2 Å². The fraction of sp³-hybridized carbons (Fsp3) is 0.333. The van der Waals surface area contributed by atoms with Crippen molar-refractivity contribution in [3.05, 3.63) is 36.4 Å². The number of nitrogens with zero attached hydrogens (tertiary/aromatic N) is 3. The minimum Gasteiger partial charge on any atom is -0.436 e. The molecule has 1 atom stereocenters. The third kappa shape index (κ3) is 6.30. The maximum atomic E-state index is 13.8. The Bertz CT molecular complexity index is 827. The SMILES string of the molecule is C[C@H](CC(=N)C(=O)Nc1cc(Oc2ccc(N)cc2F)ncn1)CN(C)C. The molecule has 0 aliphatic rings. The van der Waals surface area contributed by atoms with Gasteiger partial charge in [-0.05, 0) is 38.6 Å². The quantitative estimate of drug-likeness (QED) is 0.483. The van der Waals surface area contributed by atoms with E-state index in [1.165, 1.54) is 24.5 Å². The molecule has 8 nitrogen and oxygen atoms in total. The Kier molecular flexibility index (Phi) is 6.78. The average molecular weight is 374 g/mol. The molecule has 0 unspecified atom stereocenters. The lowest BCUT2D eigenvalue weighted by Gasteiger charge is -2.16. The summed E-state index contributed by atoms with van der Waals surface area (Å²) >= 11 is 0. The van der Waals surface area contributed by atoms with Crippen molar-refractivity contribution >= 4 is 23.1 Å². The minimum atomic E-state index is -0.629. The normalized spacial score (nSPS) is 11.9. The Balaban J connectivity index is 2.00. The van der Waals surface area contributed by atoms with Crippen LogP contribution in [0.5, 0.6) is 11.6 Å². The molecule has 1 aromatic carbocycles.